The largest absolute Gasteiger partial charge is 0.507 e. The molecule has 7 heteroatoms. The highest BCUT2D eigenvalue weighted by Gasteiger charge is 2.16. The summed E-state index contributed by atoms with van der Waals surface area (Å²) < 4.78 is 12.9. The molecular weight excluding hydrogens is 358 g/mol. The van der Waals surface area contributed by atoms with Crippen LogP contribution in [0.25, 0.3) is 5.69 Å². The number of amides is 1. The molecule has 28 heavy (non-hydrogen) atoms. The second kappa shape index (κ2) is 7.11. The SMILES string of the molecule is Cc1cc(/C=N\NC(=O)c2ccccc2O)c(C)n1-c1ccc2c(c1)OCO2. The molecule has 2 heterocycles. The Morgan fingerprint density at radius 1 is 1.14 bits per heavy atom. The van der Waals surface area contributed by atoms with Gasteiger partial charge in [-0.1, -0.05) is 12.1 Å². The maximum Gasteiger partial charge on any atom is 0.275 e. The third-order valence-electron chi connectivity index (χ3n) is 4.60. The van der Waals surface area contributed by atoms with Crippen LogP contribution in [0.4, 0.5) is 0 Å². The maximum atomic E-state index is 12.1. The molecule has 1 aliphatic rings. The molecule has 0 aliphatic carbocycles. The predicted molar refractivity (Wildman–Crippen MR) is 105 cm³/mol. The van der Waals surface area contributed by atoms with E-state index in [4.69, 9.17) is 9.47 Å². The van der Waals surface area contributed by atoms with Crippen LogP contribution in [0.2, 0.25) is 0 Å². The molecule has 4 rings (SSSR count). The third kappa shape index (κ3) is 3.18. The van der Waals surface area contributed by atoms with Crippen LogP contribution in [0.1, 0.15) is 27.3 Å². The number of aryl methyl sites for hydroxylation is 1. The number of nitrogens with one attached hydrogen (secondary N) is 1. The molecule has 3 aromatic rings. The first-order valence-corrected chi connectivity index (χ1v) is 8.75. The van der Waals surface area contributed by atoms with Crippen molar-refractivity contribution in [2.24, 2.45) is 5.10 Å². The Bertz CT molecular complexity index is 1090. The van der Waals surface area contributed by atoms with Gasteiger partial charge in [0.1, 0.15) is 5.75 Å². The van der Waals surface area contributed by atoms with Gasteiger partial charge in [0.2, 0.25) is 6.79 Å². The fraction of sp³-hybridized carbons (Fsp3) is 0.143. The van der Waals surface area contributed by atoms with Crippen LogP contribution in [-0.4, -0.2) is 28.6 Å². The number of para-hydroxylation sites is 1. The minimum atomic E-state index is -0.473. The minimum absolute atomic E-state index is 0.0869. The summed E-state index contributed by atoms with van der Waals surface area (Å²) in [4.78, 5) is 12.1. The number of phenols is 1. The van der Waals surface area contributed by atoms with Crippen molar-refractivity contribution in [1.82, 2.24) is 9.99 Å². The van der Waals surface area contributed by atoms with Crippen LogP contribution < -0.4 is 14.9 Å². The highest BCUT2D eigenvalue weighted by molar-refractivity contribution is 5.97. The number of hydrogen-bond donors (Lipinski definition) is 2. The fourth-order valence-corrected chi connectivity index (χ4v) is 3.23. The lowest BCUT2D eigenvalue weighted by molar-refractivity contribution is 0.0952. The molecule has 7 nitrogen and oxygen atoms in total. The Balaban J connectivity index is 1.55. The number of aromatic nitrogens is 1. The van der Waals surface area contributed by atoms with E-state index in [2.05, 4.69) is 15.1 Å². The predicted octanol–water partition coefficient (Wildman–Crippen LogP) is 3.29. The Labute approximate surface area is 161 Å². The van der Waals surface area contributed by atoms with Crippen LogP contribution in [0.5, 0.6) is 17.2 Å². The van der Waals surface area contributed by atoms with Gasteiger partial charge in [0.25, 0.3) is 5.91 Å². The number of hydrazone groups is 1. The first kappa shape index (κ1) is 17.7. The monoisotopic (exact) mass is 377 g/mol. The summed E-state index contributed by atoms with van der Waals surface area (Å²) in [6, 6.07) is 14.1. The second-order valence-corrected chi connectivity index (χ2v) is 6.42. The van der Waals surface area contributed by atoms with Crippen LogP contribution in [-0.2, 0) is 0 Å². The first-order valence-electron chi connectivity index (χ1n) is 8.75. The molecule has 0 spiro atoms. The van der Waals surface area contributed by atoms with E-state index in [1.807, 2.05) is 38.1 Å². The molecule has 0 radical (unpaired) electrons. The van der Waals surface area contributed by atoms with Gasteiger partial charge in [-0.3, -0.25) is 4.79 Å². The van der Waals surface area contributed by atoms with Crippen LogP contribution in [0.15, 0.2) is 53.6 Å². The number of ether oxygens (including phenoxy) is 2. The minimum Gasteiger partial charge on any atom is -0.507 e. The van der Waals surface area contributed by atoms with Crippen molar-refractivity contribution < 1.29 is 19.4 Å². The van der Waals surface area contributed by atoms with Crippen LogP contribution >= 0.6 is 0 Å². The number of benzene rings is 2. The van der Waals surface area contributed by atoms with Crippen molar-refractivity contribution in [1.29, 1.82) is 0 Å². The van der Waals surface area contributed by atoms with Crippen molar-refractivity contribution in [3.8, 4) is 22.9 Å². The van der Waals surface area contributed by atoms with E-state index < -0.39 is 5.91 Å². The molecule has 2 aromatic carbocycles. The van der Waals surface area contributed by atoms with Gasteiger partial charge in [0, 0.05) is 28.7 Å². The van der Waals surface area contributed by atoms with Crippen molar-refractivity contribution in [2.45, 2.75) is 13.8 Å². The smallest absolute Gasteiger partial charge is 0.275 e. The van der Waals surface area contributed by atoms with E-state index in [1.54, 1.807) is 18.3 Å². The van der Waals surface area contributed by atoms with Crippen molar-refractivity contribution in [2.75, 3.05) is 6.79 Å². The molecular formula is C21H19N3O4. The zero-order chi connectivity index (χ0) is 19.7. The van der Waals surface area contributed by atoms with Gasteiger partial charge in [-0.15, -0.1) is 0 Å². The average molecular weight is 377 g/mol. The molecule has 1 aromatic heterocycles. The van der Waals surface area contributed by atoms with Gasteiger partial charge in [-0.25, -0.2) is 5.43 Å². The van der Waals surface area contributed by atoms with E-state index in [9.17, 15) is 9.90 Å². The number of fused-ring (bicyclic) bond motifs is 1. The second-order valence-electron chi connectivity index (χ2n) is 6.42. The Hall–Kier alpha value is -3.74. The standard InChI is InChI=1S/C21H19N3O4/c1-13-9-15(11-22-23-21(26)17-5-3-4-6-18(17)25)14(2)24(13)16-7-8-19-20(10-16)28-12-27-19/h3-11,25H,12H2,1-2H3,(H,23,26)/b22-11-. The Morgan fingerprint density at radius 3 is 2.75 bits per heavy atom. The summed E-state index contributed by atoms with van der Waals surface area (Å²) in [6.45, 7) is 4.20. The quantitative estimate of drug-likeness (QED) is 0.540. The van der Waals surface area contributed by atoms with E-state index >= 15 is 0 Å². The topological polar surface area (TPSA) is 85.1 Å². The molecule has 1 aliphatic heterocycles. The van der Waals surface area contributed by atoms with Crippen molar-refractivity contribution in [3.05, 3.63) is 71.0 Å². The zero-order valence-electron chi connectivity index (χ0n) is 15.5. The highest BCUT2D eigenvalue weighted by Crippen LogP contribution is 2.34. The van der Waals surface area contributed by atoms with Crippen molar-refractivity contribution in [3.63, 3.8) is 0 Å². The summed E-state index contributed by atoms with van der Waals surface area (Å²) in [5.74, 6) is 0.894. The number of aromatic hydroxyl groups is 1. The Kier molecular flexibility index (Phi) is 4.49. The summed E-state index contributed by atoms with van der Waals surface area (Å²) in [5.41, 5.74) is 6.43. The number of rotatable bonds is 4. The number of hydrogen-bond acceptors (Lipinski definition) is 5. The summed E-state index contributed by atoms with van der Waals surface area (Å²) in [7, 11) is 0. The highest BCUT2D eigenvalue weighted by atomic mass is 16.7. The van der Waals surface area contributed by atoms with Gasteiger partial charge in [0.15, 0.2) is 11.5 Å². The number of phenolic OH excluding ortho intramolecular Hbond substituents is 1. The van der Waals surface area contributed by atoms with Gasteiger partial charge in [-0.05, 0) is 44.2 Å². The van der Waals surface area contributed by atoms with Gasteiger partial charge in [-0.2, -0.15) is 5.10 Å². The van der Waals surface area contributed by atoms with Gasteiger partial charge in [0.05, 0.1) is 11.8 Å². The van der Waals surface area contributed by atoms with Crippen molar-refractivity contribution >= 4 is 12.1 Å². The van der Waals surface area contributed by atoms with Gasteiger partial charge < -0.3 is 19.1 Å². The van der Waals surface area contributed by atoms with E-state index in [1.165, 1.54) is 12.1 Å². The first-order chi connectivity index (χ1) is 13.5. The van der Waals surface area contributed by atoms with E-state index in [0.717, 1.165) is 34.1 Å². The fourth-order valence-electron chi connectivity index (χ4n) is 3.23. The number of nitrogens with zero attached hydrogens (tertiary/aromatic N) is 2. The lowest BCUT2D eigenvalue weighted by atomic mass is 10.2. The molecule has 1 amide bonds. The molecule has 0 bridgehead atoms. The van der Waals surface area contributed by atoms with Crippen LogP contribution in [0.3, 0.4) is 0 Å². The lowest BCUT2D eigenvalue weighted by Crippen LogP contribution is -2.17. The van der Waals surface area contributed by atoms with E-state index in [0.29, 0.717) is 0 Å². The molecule has 0 saturated carbocycles. The molecule has 0 saturated heterocycles. The number of carbonyl (C=O) groups excluding carboxylic acids is 1. The molecule has 2 N–H and O–H groups in total. The molecule has 0 fully saturated rings. The zero-order valence-corrected chi connectivity index (χ0v) is 15.5. The van der Waals surface area contributed by atoms with Gasteiger partial charge >= 0.3 is 0 Å². The summed E-state index contributed by atoms with van der Waals surface area (Å²) in [6.07, 6.45) is 1.59. The van der Waals surface area contributed by atoms with Crippen LogP contribution in [0, 0.1) is 13.8 Å². The molecule has 142 valence electrons. The maximum absolute atomic E-state index is 12.1. The number of carbonyl (C=O) groups is 1. The molecule has 0 unspecified atom stereocenters. The van der Waals surface area contributed by atoms with E-state index in [-0.39, 0.29) is 18.1 Å². The Morgan fingerprint density at radius 2 is 1.93 bits per heavy atom. The summed E-state index contributed by atoms with van der Waals surface area (Å²) in [5, 5.41) is 13.8. The molecule has 0 atom stereocenters. The normalized spacial score (nSPS) is 12.5. The lowest BCUT2D eigenvalue weighted by Gasteiger charge is -2.10. The summed E-state index contributed by atoms with van der Waals surface area (Å²) >= 11 is 0. The third-order valence-corrected chi connectivity index (χ3v) is 4.60. The average Bonchev–Trinajstić information content (AvgIpc) is 3.25.